The van der Waals surface area contributed by atoms with Crippen LogP contribution in [0.1, 0.15) is 33.3 Å². The molecule has 1 aromatic carbocycles. The molecule has 154 valence electrons. The quantitative estimate of drug-likeness (QED) is 0.549. The van der Waals surface area contributed by atoms with E-state index in [2.05, 4.69) is 52.8 Å². The van der Waals surface area contributed by atoms with Gasteiger partial charge in [-0.2, -0.15) is 0 Å². The standard InChI is InChI=1S/C19H30N6O2S/c1-13(2)10-25(11-14(3)4)19-17(20)18(21-12-22-19)23-24-28(26,27)16-8-6-15(5)7-9-16/h6-9,12-14,24H,10-11,20H2,1-5H3,(H,21,22,23). The number of hydrogen-bond donors (Lipinski definition) is 3. The molecule has 0 unspecified atom stereocenters. The first kappa shape index (κ1) is 21.9. The third-order valence-electron chi connectivity index (χ3n) is 3.97. The zero-order valence-corrected chi connectivity index (χ0v) is 17.9. The molecule has 2 aromatic rings. The highest BCUT2D eigenvalue weighted by Crippen LogP contribution is 2.27. The molecule has 0 aliphatic carbocycles. The van der Waals surface area contributed by atoms with E-state index in [1.165, 1.54) is 6.33 Å². The Balaban J connectivity index is 2.22. The third kappa shape index (κ3) is 5.80. The fraction of sp³-hybridized carbons (Fsp3) is 0.474. The van der Waals surface area contributed by atoms with E-state index in [9.17, 15) is 8.42 Å². The summed E-state index contributed by atoms with van der Waals surface area (Å²) < 4.78 is 24.9. The molecule has 1 aromatic heterocycles. The van der Waals surface area contributed by atoms with Gasteiger partial charge in [-0.15, -0.1) is 4.83 Å². The monoisotopic (exact) mass is 406 g/mol. The summed E-state index contributed by atoms with van der Waals surface area (Å²) in [6.07, 6.45) is 1.38. The highest BCUT2D eigenvalue weighted by Gasteiger charge is 2.19. The number of sulfonamides is 1. The van der Waals surface area contributed by atoms with Crippen molar-refractivity contribution >= 4 is 27.3 Å². The molecule has 0 saturated heterocycles. The van der Waals surface area contributed by atoms with Crippen molar-refractivity contribution in [3.05, 3.63) is 36.2 Å². The van der Waals surface area contributed by atoms with Crippen molar-refractivity contribution in [2.75, 3.05) is 29.1 Å². The van der Waals surface area contributed by atoms with E-state index in [4.69, 9.17) is 5.73 Å². The van der Waals surface area contributed by atoms with Gasteiger partial charge < -0.3 is 10.6 Å². The van der Waals surface area contributed by atoms with Crippen LogP contribution >= 0.6 is 0 Å². The first-order valence-electron chi connectivity index (χ1n) is 9.30. The van der Waals surface area contributed by atoms with Gasteiger partial charge in [0.05, 0.1) is 4.90 Å². The molecule has 0 aliphatic rings. The number of hydrogen-bond acceptors (Lipinski definition) is 7. The molecule has 0 atom stereocenters. The zero-order chi connectivity index (χ0) is 20.9. The van der Waals surface area contributed by atoms with Gasteiger partial charge in [-0.25, -0.2) is 18.4 Å². The van der Waals surface area contributed by atoms with Gasteiger partial charge in [-0.1, -0.05) is 45.4 Å². The molecular weight excluding hydrogens is 376 g/mol. The Bertz CT molecular complexity index is 872. The molecule has 1 heterocycles. The highest BCUT2D eigenvalue weighted by molar-refractivity contribution is 7.89. The van der Waals surface area contributed by atoms with Gasteiger partial charge in [0.2, 0.25) is 0 Å². The summed E-state index contributed by atoms with van der Waals surface area (Å²) in [5.74, 6) is 1.65. The number of rotatable bonds is 9. The van der Waals surface area contributed by atoms with E-state index >= 15 is 0 Å². The number of nitrogens with zero attached hydrogens (tertiary/aromatic N) is 3. The fourth-order valence-electron chi connectivity index (χ4n) is 2.76. The lowest BCUT2D eigenvalue weighted by atomic mass is 10.1. The Hall–Kier alpha value is -2.39. The lowest BCUT2D eigenvalue weighted by molar-refractivity contribution is 0.549. The molecule has 4 N–H and O–H groups in total. The van der Waals surface area contributed by atoms with Crippen molar-refractivity contribution in [1.82, 2.24) is 14.8 Å². The van der Waals surface area contributed by atoms with Gasteiger partial charge in [-0.05, 0) is 30.9 Å². The summed E-state index contributed by atoms with van der Waals surface area (Å²) >= 11 is 0. The number of anilines is 3. The van der Waals surface area contributed by atoms with E-state index in [0.717, 1.165) is 18.7 Å². The summed E-state index contributed by atoms with van der Waals surface area (Å²) in [5.41, 5.74) is 10.2. The number of benzene rings is 1. The van der Waals surface area contributed by atoms with Crippen LogP contribution in [-0.4, -0.2) is 31.5 Å². The van der Waals surface area contributed by atoms with E-state index in [-0.39, 0.29) is 10.7 Å². The zero-order valence-electron chi connectivity index (χ0n) is 17.1. The number of aryl methyl sites for hydroxylation is 1. The van der Waals surface area contributed by atoms with Crippen molar-refractivity contribution in [3.63, 3.8) is 0 Å². The molecule has 2 rings (SSSR count). The SMILES string of the molecule is Cc1ccc(S(=O)(=O)NNc2ncnc(N(CC(C)C)CC(C)C)c2N)cc1. The summed E-state index contributed by atoms with van der Waals surface area (Å²) in [7, 11) is -3.75. The summed E-state index contributed by atoms with van der Waals surface area (Å²) in [4.78, 5) is 13.0. The second-order valence-corrected chi connectivity index (χ2v) is 9.38. The molecule has 0 bridgehead atoms. The van der Waals surface area contributed by atoms with Gasteiger partial charge in [0.15, 0.2) is 11.6 Å². The van der Waals surface area contributed by atoms with Crippen LogP contribution in [-0.2, 0) is 10.0 Å². The normalized spacial score (nSPS) is 11.8. The summed E-state index contributed by atoms with van der Waals surface area (Å²) in [6.45, 7) is 12.0. The van der Waals surface area contributed by atoms with E-state index in [1.54, 1.807) is 24.3 Å². The minimum Gasteiger partial charge on any atom is -0.393 e. The summed E-state index contributed by atoms with van der Waals surface area (Å²) in [6, 6.07) is 6.56. The fourth-order valence-corrected chi connectivity index (χ4v) is 3.60. The average molecular weight is 407 g/mol. The van der Waals surface area contributed by atoms with Crippen molar-refractivity contribution < 1.29 is 8.42 Å². The molecule has 0 spiro atoms. The predicted octanol–water partition coefficient (Wildman–Crippen LogP) is 2.79. The Morgan fingerprint density at radius 3 is 2.14 bits per heavy atom. The Morgan fingerprint density at radius 2 is 1.61 bits per heavy atom. The topological polar surface area (TPSA) is 113 Å². The maximum absolute atomic E-state index is 12.5. The minimum absolute atomic E-state index is 0.152. The maximum Gasteiger partial charge on any atom is 0.257 e. The Kier molecular flexibility index (Phi) is 7.20. The number of nitrogens with one attached hydrogen (secondary N) is 2. The van der Waals surface area contributed by atoms with Crippen molar-refractivity contribution in [2.24, 2.45) is 11.8 Å². The van der Waals surface area contributed by atoms with Crippen LogP contribution in [0.3, 0.4) is 0 Å². The predicted molar refractivity (Wildman–Crippen MR) is 113 cm³/mol. The highest BCUT2D eigenvalue weighted by atomic mass is 32.2. The number of nitrogen functional groups attached to an aromatic ring is 1. The van der Waals surface area contributed by atoms with Crippen LogP contribution in [0.5, 0.6) is 0 Å². The lowest BCUT2D eigenvalue weighted by Gasteiger charge is -2.28. The number of aromatic nitrogens is 2. The van der Waals surface area contributed by atoms with Crippen LogP contribution in [0.4, 0.5) is 17.3 Å². The average Bonchev–Trinajstić information content (AvgIpc) is 2.60. The van der Waals surface area contributed by atoms with Crippen LogP contribution in [0, 0.1) is 18.8 Å². The minimum atomic E-state index is -3.75. The number of nitrogens with two attached hydrogens (primary N) is 1. The molecular formula is C19H30N6O2S. The van der Waals surface area contributed by atoms with Crippen molar-refractivity contribution in [1.29, 1.82) is 0 Å². The van der Waals surface area contributed by atoms with Gasteiger partial charge in [0.25, 0.3) is 10.0 Å². The Morgan fingerprint density at radius 1 is 1.04 bits per heavy atom. The molecule has 0 radical (unpaired) electrons. The molecule has 28 heavy (non-hydrogen) atoms. The summed E-state index contributed by atoms with van der Waals surface area (Å²) in [5, 5.41) is 0. The van der Waals surface area contributed by atoms with Gasteiger partial charge in [-0.3, -0.25) is 5.43 Å². The van der Waals surface area contributed by atoms with Crippen LogP contribution < -0.4 is 20.9 Å². The second kappa shape index (κ2) is 9.20. The molecule has 0 saturated carbocycles. The van der Waals surface area contributed by atoms with Crippen molar-refractivity contribution in [3.8, 4) is 0 Å². The Labute approximate surface area is 167 Å². The van der Waals surface area contributed by atoms with Crippen LogP contribution in [0.2, 0.25) is 0 Å². The second-order valence-electron chi connectivity index (χ2n) is 7.70. The first-order chi connectivity index (χ1) is 13.1. The van der Waals surface area contributed by atoms with Gasteiger partial charge in [0.1, 0.15) is 12.0 Å². The van der Waals surface area contributed by atoms with Crippen LogP contribution in [0.25, 0.3) is 0 Å². The molecule has 8 nitrogen and oxygen atoms in total. The largest absolute Gasteiger partial charge is 0.393 e. The maximum atomic E-state index is 12.5. The molecule has 0 fully saturated rings. The molecule has 9 heteroatoms. The van der Waals surface area contributed by atoms with E-state index < -0.39 is 10.0 Å². The van der Waals surface area contributed by atoms with E-state index in [1.807, 2.05) is 6.92 Å². The van der Waals surface area contributed by atoms with E-state index in [0.29, 0.717) is 23.3 Å². The molecule has 0 amide bonds. The number of hydrazine groups is 1. The van der Waals surface area contributed by atoms with Crippen molar-refractivity contribution in [2.45, 2.75) is 39.5 Å². The van der Waals surface area contributed by atoms with Gasteiger partial charge in [0, 0.05) is 13.1 Å². The smallest absolute Gasteiger partial charge is 0.257 e. The van der Waals surface area contributed by atoms with Crippen LogP contribution in [0.15, 0.2) is 35.5 Å². The first-order valence-corrected chi connectivity index (χ1v) is 10.8. The lowest BCUT2D eigenvalue weighted by Crippen LogP contribution is -2.34. The van der Waals surface area contributed by atoms with Gasteiger partial charge >= 0.3 is 0 Å². The third-order valence-corrected chi connectivity index (χ3v) is 5.23. The molecule has 0 aliphatic heterocycles.